The van der Waals surface area contributed by atoms with Crippen LogP contribution in [0.5, 0.6) is 5.75 Å². The lowest BCUT2D eigenvalue weighted by molar-refractivity contribution is -0.274. The van der Waals surface area contributed by atoms with E-state index in [1.165, 1.54) is 12.1 Å². The topological polar surface area (TPSA) is 20.1 Å². The summed E-state index contributed by atoms with van der Waals surface area (Å²) in [5.41, 5.74) is 2.50. The SMILES string of the molecule is [C-]#[N+]c1ccc(N(C)C2CN(c3ccc(OC(F)(F)F)cc3)C2)cc1. The molecule has 1 fully saturated rings. The predicted molar refractivity (Wildman–Crippen MR) is 90.2 cm³/mol. The summed E-state index contributed by atoms with van der Waals surface area (Å²) in [6, 6.07) is 13.6. The standard InChI is InChI=1S/C18H16F3N3O/c1-22-13-3-5-14(6-4-13)23(2)16-11-24(12-16)15-7-9-17(10-8-15)25-18(19,20)21/h3-10,16H,11-12H2,2H3. The van der Waals surface area contributed by atoms with Crippen molar-refractivity contribution in [2.45, 2.75) is 12.4 Å². The molecule has 2 aromatic carbocycles. The van der Waals surface area contributed by atoms with Gasteiger partial charge in [-0.3, -0.25) is 0 Å². The van der Waals surface area contributed by atoms with Gasteiger partial charge in [-0.1, -0.05) is 12.1 Å². The van der Waals surface area contributed by atoms with Gasteiger partial charge >= 0.3 is 6.36 Å². The summed E-state index contributed by atoms with van der Waals surface area (Å²) in [6.45, 7) is 8.53. The van der Waals surface area contributed by atoms with Gasteiger partial charge in [0.2, 0.25) is 0 Å². The van der Waals surface area contributed by atoms with Crippen LogP contribution in [0.15, 0.2) is 48.5 Å². The highest BCUT2D eigenvalue weighted by molar-refractivity contribution is 5.58. The normalized spacial score (nSPS) is 14.6. The van der Waals surface area contributed by atoms with E-state index in [-0.39, 0.29) is 5.75 Å². The first-order chi connectivity index (χ1) is 11.9. The van der Waals surface area contributed by atoms with Gasteiger partial charge in [0, 0.05) is 31.5 Å². The molecule has 1 aliphatic rings. The van der Waals surface area contributed by atoms with E-state index in [4.69, 9.17) is 6.57 Å². The zero-order valence-corrected chi connectivity index (χ0v) is 13.5. The average Bonchev–Trinajstić information content (AvgIpc) is 2.53. The van der Waals surface area contributed by atoms with Crippen LogP contribution in [0.4, 0.5) is 30.2 Å². The molecule has 2 aromatic rings. The molecule has 4 nitrogen and oxygen atoms in total. The molecule has 0 unspecified atom stereocenters. The Balaban J connectivity index is 1.57. The first-order valence-electron chi connectivity index (χ1n) is 7.67. The maximum absolute atomic E-state index is 12.2. The van der Waals surface area contributed by atoms with Crippen molar-refractivity contribution in [3.63, 3.8) is 0 Å². The summed E-state index contributed by atoms with van der Waals surface area (Å²) < 4.78 is 40.4. The highest BCUT2D eigenvalue weighted by Gasteiger charge is 2.32. The molecule has 3 rings (SSSR count). The van der Waals surface area contributed by atoms with Crippen LogP contribution >= 0.6 is 0 Å². The molecule has 0 amide bonds. The molecule has 1 saturated heterocycles. The number of likely N-dealkylation sites (N-methyl/N-ethyl adjacent to an activating group) is 1. The lowest BCUT2D eigenvalue weighted by Gasteiger charge is -2.46. The van der Waals surface area contributed by atoms with Crippen molar-refractivity contribution >= 4 is 17.1 Å². The lowest BCUT2D eigenvalue weighted by Crippen LogP contribution is -2.58. The third-order valence-electron chi connectivity index (χ3n) is 4.23. The van der Waals surface area contributed by atoms with Gasteiger partial charge in [-0.05, 0) is 36.4 Å². The number of hydrogen-bond donors (Lipinski definition) is 0. The Hall–Kier alpha value is -2.88. The Bertz CT molecular complexity index is 760. The zero-order chi connectivity index (χ0) is 18.0. The molecule has 0 radical (unpaired) electrons. The Kier molecular flexibility index (Phi) is 4.45. The Labute approximate surface area is 143 Å². The number of alkyl halides is 3. The van der Waals surface area contributed by atoms with Crippen molar-refractivity contribution in [3.05, 3.63) is 59.9 Å². The Morgan fingerprint density at radius 1 is 1.08 bits per heavy atom. The van der Waals surface area contributed by atoms with Crippen LogP contribution in [0.25, 0.3) is 4.85 Å². The lowest BCUT2D eigenvalue weighted by atomic mass is 10.1. The summed E-state index contributed by atoms with van der Waals surface area (Å²) in [4.78, 5) is 7.61. The van der Waals surface area contributed by atoms with Crippen LogP contribution in [0.1, 0.15) is 0 Å². The molecular formula is C18H16F3N3O. The van der Waals surface area contributed by atoms with Crippen LogP contribution in [-0.4, -0.2) is 32.5 Å². The van der Waals surface area contributed by atoms with Gasteiger partial charge in [0.05, 0.1) is 12.6 Å². The van der Waals surface area contributed by atoms with Gasteiger partial charge in [0.25, 0.3) is 0 Å². The number of ether oxygens (including phenoxy) is 1. The second-order valence-corrected chi connectivity index (χ2v) is 5.84. The van der Waals surface area contributed by atoms with Crippen molar-refractivity contribution < 1.29 is 17.9 Å². The van der Waals surface area contributed by atoms with Crippen molar-refractivity contribution in [2.75, 3.05) is 29.9 Å². The van der Waals surface area contributed by atoms with Crippen molar-refractivity contribution in [1.29, 1.82) is 0 Å². The number of halogens is 3. The fourth-order valence-electron chi connectivity index (χ4n) is 2.74. The highest BCUT2D eigenvalue weighted by atomic mass is 19.4. The fraction of sp³-hybridized carbons (Fsp3) is 0.278. The largest absolute Gasteiger partial charge is 0.573 e. The van der Waals surface area contributed by atoms with E-state index >= 15 is 0 Å². The van der Waals surface area contributed by atoms with Gasteiger partial charge in [-0.25, -0.2) is 4.85 Å². The van der Waals surface area contributed by atoms with Crippen LogP contribution in [-0.2, 0) is 0 Å². The summed E-state index contributed by atoms with van der Waals surface area (Å²) in [5.74, 6) is -0.217. The minimum absolute atomic E-state index is 0.217. The second-order valence-electron chi connectivity index (χ2n) is 5.84. The van der Waals surface area contributed by atoms with E-state index in [1.54, 1.807) is 24.3 Å². The van der Waals surface area contributed by atoms with Gasteiger partial charge in [0.15, 0.2) is 5.69 Å². The maximum atomic E-state index is 12.2. The molecule has 0 bridgehead atoms. The minimum Gasteiger partial charge on any atom is -0.406 e. The smallest absolute Gasteiger partial charge is 0.406 e. The molecule has 0 spiro atoms. The number of rotatable bonds is 4. The van der Waals surface area contributed by atoms with Crippen molar-refractivity contribution in [2.24, 2.45) is 0 Å². The van der Waals surface area contributed by atoms with Crippen molar-refractivity contribution in [1.82, 2.24) is 0 Å². The van der Waals surface area contributed by atoms with Crippen molar-refractivity contribution in [3.8, 4) is 5.75 Å². The Morgan fingerprint density at radius 3 is 2.20 bits per heavy atom. The summed E-state index contributed by atoms with van der Waals surface area (Å²) in [5, 5.41) is 0. The van der Waals surface area contributed by atoms with Crippen LogP contribution in [0.3, 0.4) is 0 Å². The number of anilines is 2. The highest BCUT2D eigenvalue weighted by Crippen LogP contribution is 2.30. The monoisotopic (exact) mass is 347 g/mol. The quantitative estimate of drug-likeness (QED) is 0.762. The summed E-state index contributed by atoms with van der Waals surface area (Å²) >= 11 is 0. The molecule has 0 N–H and O–H groups in total. The van der Waals surface area contributed by atoms with E-state index in [0.29, 0.717) is 11.7 Å². The molecule has 7 heteroatoms. The third-order valence-corrected chi connectivity index (χ3v) is 4.23. The van der Waals surface area contributed by atoms with Gasteiger partial charge in [-0.2, -0.15) is 0 Å². The first kappa shape index (κ1) is 17.0. The molecule has 25 heavy (non-hydrogen) atoms. The van der Waals surface area contributed by atoms with E-state index < -0.39 is 6.36 Å². The van der Waals surface area contributed by atoms with E-state index in [1.807, 2.05) is 19.2 Å². The molecule has 0 aromatic heterocycles. The summed E-state index contributed by atoms with van der Waals surface area (Å²) in [6.07, 6.45) is -4.67. The molecule has 0 saturated carbocycles. The molecule has 0 atom stereocenters. The Morgan fingerprint density at radius 2 is 1.68 bits per heavy atom. The maximum Gasteiger partial charge on any atom is 0.573 e. The molecule has 1 aliphatic heterocycles. The summed E-state index contributed by atoms with van der Waals surface area (Å²) in [7, 11) is 2.00. The van der Waals surface area contributed by atoms with E-state index in [2.05, 4.69) is 19.4 Å². The van der Waals surface area contributed by atoms with Gasteiger partial charge < -0.3 is 14.5 Å². The average molecular weight is 347 g/mol. The van der Waals surface area contributed by atoms with E-state index in [0.717, 1.165) is 24.5 Å². The second kappa shape index (κ2) is 6.55. The third kappa shape index (κ3) is 3.97. The molecule has 0 aliphatic carbocycles. The number of nitrogens with zero attached hydrogens (tertiary/aromatic N) is 3. The molecular weight excluding hydrogens is 331 g/mol. The van der Waals surface area contributed by atoms with Crippen LogP contribution in [0, 0.1) is 6.57 Å². The predicted octanol–water partition coefficient (Wildman–Crippen LogP) is 4.46. The van der Waals surface area contributed by atoms with Crippen LogP contribution < -0.4 is 14.5 Å². The van der Waals surface area contributed by atoms with Gasteiger partial charge in [0.1, 0.15) is 5.75 Å². The van der Waals surface area contributed by atoms with E-state index in [9.17, 15) is 13.2 Å². The minimum atomic E-state index is -4.67. The zero-order valence-electron chi connectivity index (χ0n) is 13.5. The number of benzene rings is 2. The van der Waals surface area contributed by atoms with Crippen LogP contribution in [0.2, 0.25) is 0 Å². The van der Waals surface area contributed by atoms with Gasteiger partial charge in [-0.15, -0.1) is 13.2 Å². The fourth-order valence-corrected chi connectivity index (χ4v) is 2.74. The first-order valence-corrected chi connectivity index (χ1v) is 7.67. The molecule has 130 valence electrons. The number of hydrogen-bond acceptors (Lipinski definition) is 3. The molecule has 1 heterocycles.